The van der Waals surface area contributed by atoms with Gasteiger partial charge in [-0.15, -0.1) is 0 Å². The molecule has 0 aromatic heterocycles. The minimum Gasteiger partial charge on any atom is -0.490 e. The number of hydrogen-bond acceptors (Lipinski definition) is 5. The lowest BCUT2D eigenvalue weighted by atomic mass is 10.1. The fourth-order valence-corrected chi connectivity index (χ4v) is 3.94. The first-order chi connectivity index (χ1) is 14.4. The second kappa shape index (κ2) is 10.0. The van der Waals surface area contributed by atoms with Crippen LogP contribution in [-0.4, -0.2) is 28.8 Å². The van der Waals surface area contributed by atoms with Crippen molar-refractivity contribution in [1.29, 1.82) is 0 Å². The van der Waals surface area contributed by atoms with Gasteiger partial charge in [0.15, 0.2) is 11.5 Å². The molecule has 0 aliphatic carbocycles. The van der Waals surface area contributed by atoms with E-state index in [0.29, 0.717) is 28.0 Å². The molecule has 1 atom stereocenters. The molecule has 1 heterocycles. The number of carbonyl (C=O) groups is 2. The summed E-state index contributed by atoms with van der Waals surface area (Å²) in [5.74, 6) is 0.963. The molecule has 0 radical (unpaired) electrons. The average molecular weight is 446 g/mol. The summed E-state index contributed by atoms with van der Waals surface area (Å²) in [4.78, 5) is 26.8. The monoisotopic (exact) mass is 445 g/mol. The molecule has 5 nitrogen and oxygen atoms in total. The Hall–Kier alpha value is -2.44. The lowest BCUT2D eigenvalue weighted by Gasteiger charge is -2.16. The molecular formula is C23H24ClNO4S. The number of rotatable bonds is 8. The fourth-order valence-electron chi connectivity index (χ4n) is 2.89. The first-order valence-electron chi connectivity index (χ1n) is 9.84. The summed E-state index contributed by atoms with van der Waals surface area (Å²) in [7, 11) is 0. The van der Waals surface area contributed by atoms with Gasteiger partial charge in [0.1, 0.15) is 0 Å². The third-order valence-electron chi connectivity index (χ3n) is 4.57. The summed E-state index contributed by atoms with van der Waals surface area (Å²) < 4.78 is 11.6. The van der Waals surface area contributed by atoms with Crippen molar-refractivity contribution < 1.29 is 19.1 Å². The lowest BCUT2D eigenvalue weighted by molar-refractivity contribution is -0.123. The smallest absolute Gasteiger partial charge is 0.293 e. The molecule has 158 valence electrons. The Kier molecular flexibility index (Phi) is 7.45. The zero-order chi connectivity index (χ0) is 21.7. The van der Waals surface area contributed by atoms with Crippen LogP contribution in [0.3, 0.4) is 0 Å². The minimum absolute atomic E-state index is 0.0676. The normalized spacial score (nSPS) is 16.3. The molecular weight excluding hydrogens is 422 g/mol. The summed E-state index contributed by atoms with van der Waals surface area (Å²) in [6.07, 6.45) is 2.66. The Bertz CT molecular complexity index is 975. The molecule has 1 fully saturated rings. The maximum atomic E-state index is 12.8. The SMILES string of the molecule is CCOc1cc(/C=C2\SC(=O)N(Cc3cccc(Cl)c3)C2=O)ccc1OC(C)CC. The first-order valence-corrected chi connectivity index (χ1v) is 11.0. The molecule has 0 N–H and O–H groups in total. The third kappa shape index (κ3) is 5.37. The van der Waals surface area contributed by atoms with Crippen molar-refractivity contribution in [2.75, 3.05) is 6.61 Å². The Morgan fingerprint density at radius 3 is 2.63 bits per heavy atom. The van der Waals surface area contributed by atoms with Crippen molar-refractivity contribution in [2.24, 2.45) is 0 Å². The van der Waals surface area contributed by atoms with Crippen LogP contribution in [0, 0.1) is 0 Å². The van der Waals surface area contributed by atoms with E-state index in [0.717, 1.165) is 29.3 Å². The van der Waals surface area contributed by atoms with E-state index in [1.165, 1.54) is 4.90 Å². The van der Waals surface area contributed by atoms with Gasteiger partial charge in [-0.2, -0.15) is 0 Å². The second-order valence-corrected chi connectivity index (χ2v) is 8.30. The van der Waals surface area contributed by atoms with Crippen molar-refractivity contribution in [2.45, 2.75) is 39.8 Å². The van der Waals surface area contributed by atoms with Crippen LogP contribution in [0.5, 0.6) is 11.5 Å². The number of carbonyl (C=O) groups excluding carboxylic acids is 2. The quantitative estimate of drug-likeness (QED) is 0.456. The molecule has 1 saturated heterocycles. The van der Waals surface area contributed by atoms with Gasteiger partial charge < -0.3 is 9.47 Å². The number of benzene rings is 2. The van der Waals surface area contributed by atoms with E-state index in [9.17, 15) is 9.59 Å². The predicted octanol–water partition coefficient (Wildman–Crippen LogP) is 6.15. The van der Waals surface area contributed by atoms with Gasteiger partial charge in [-0.25, -0.2) is 0 Å². The molecule has 7 heteroatoms. The summed E-state index contributed by atoms with van der Waals surface area (Å²) in [5, 5.41) is 0.270. The van der Waals surface area contributed by atoms with Crippen molar-refractivity contribution in [3.05, 3.63) is 63.5 Å². The Balaban J connectivity index is 1.81. The van der Waals surface area contributed by atoms with E-state index >= 15 is 0 Å². The highest BCUT2D eigenvalue weighted by atomic mass is 35.5. The summed E-state index contributed by atoms with van der Waals surface area (Å²) in [5.41, 5.74) is 1.57. The van der Waals surface area contributed by atoms with E-state index in [-0.39, 0.29) is 23.8 Å². The summed E-state index contributed by atoms with van der Waals surface area (Å²) in [6, 6.07) is 12.6. The molecule has 2 aromatic carbocycles. The highest BCUT2D eigenvalue weighted by Crippen LogP contribution is 2.36. The molecule has 0 spiro atoms. The maximum Gasteiger partial charge on any atom is 0.293 e. The molecule has 1 aliphatic heterocycles. The average Bonchev–Trinajstić information content (AvgIpc) is 2.97. The number of nitrogens with zero attached hydrogens (tertiary/aromatic N) is 1. The van der Waals surface area contributed by atoms with Gasteiger partial charge in [-0.05, 0) is 73.5 Å². The Labute approximate surface area is 186 Å². The highest BCUT2D eigenvalue weighted by molar-refractivity contribution is 8.18. The molecule has 2 amide bonds. The first kappa shape index (κ1) is 22.2. The third-order valence-corrected chi connectivity index (χ3v) is 5.71. The van der Waals surface area contributed by atoms with Crippen molar-refractivity contribution in [3.8, 4) is 11.5 Å². The van der Waals surface area contributed by atoms with Crippen LogP contribution >= 0.6 is 23.4 Å². The minimum atomic E-state index is -0.317. The van der Waals surface area contributed by atoms with E-state index in [2.05, 4.69) is 6.92 Å². The predicted molar refractivity (Wildman–Crippen MR) is 121 cm³/mol. The van der Waals surface area contributed by atoms with E-state index in [4.69, 9.17) is 21.1 Å². The summed E-state index contributed by atoms with van der Waals surface area (Å²) in [6.45, 7) is 6.64. The molecule has 0 bridgehead atoms. The van der Waals surface area contributed by atoms with Crippen molar-refractivity contribution in [3.63, 3.8) is 0 Å². The van der Waals surface area contributed by atoms with Gasteiger partial charge in [-0.3, -0.25) is 14.5 Å². The van der Waals surface area contributed by atoms with Crippen LogP contribution in [-0.2, 0) is 11.3 Å². The second-order valence-electron chi connectivity index (χ2n) is 6.87. The number of thioether (sulfide) groups is 1. The standard InChI is InChI=1S/C23H24ClNO4S/c1-4-15(3)29-19-10-9-16(12-20(19)28-5-2)13-21-22(26)25(23(27)30-21)14-17-7-6-8-18(24)11-17/h6-13,15H,4-5,14H2,1-3H3/b21-13-. The molecule has 0 saturated carbocycles. The molecule has 1 unspecified atom stereocenters. The van der Waals surface area contributed by atoms with Crippen LogP contribution in [0.15, 0.2) is 47.4 Å². The largest absolute Gasteiger partial charge is 0.490 e. The number of amides is 2. The highest BCUT2D eigenvalue weighted by Gasteiger charge is 2.35. The van der Waals surface area contributed by atoms with Crippen LogP contribution in [0.4, 0.5) is 4.79 Å². The topological polar surface area (TPSA) is 55.8 Å². The van der Waals surface area contributed by atoms with Crippen molar-refractivity contribution in [1.82, 2.24) is 4.90 Å². The number of imide groups is 1. The van der Waals surface area contributed by atoms with E-state index < -0.39 is 0 Å². The molecule has 3 rings (SSSR count). The van der Waals surface area contributed by atoms with Gasteiger partial charge in [0.05, 0.1) is 24.2 Å². The zero-order valence-electron chi connectivity index (χ0n) is 17.2. The van der Waals surface area contributed by atoms with Gasteiger partial charge in [0.25, 0.3) is 11.1 Å². The molecule has 30 heavy (non-hydrogen) atoms. The van der Waals surface area contributed by atoms with Gasteiger partial charge >= 0.3 is 0 Å². The number of halogens is 1. The van der Waals surface area contributed by atoms with Gasteiger partial charge in [0.2, 0.25) is 0 Å². The van der Waals surface area contributed by atoms with Crippen LogP contribution in [0.1, 0.15) is 38.3 Å². The molecule has 1 aliphatic rings. The van der Waals surface area contributed by atoms with Gasteiger partial charge in [0, 0.05) is 5.02 Å². The van der Waals surface area contributed by atoms with E-state index in [1.54, 1.807) is 24.3 Å². The van der Waals surface area contributed by atoms with Crippen LogP contribution < -0.4 is 9.47 Å². The molecule has 2 aromatic rings. The van der Waals surface area contributed by atoms with Crippen LogP contribution in [0.2, 0.25) is 5.02 Å². The lowest BCUT2D eigenvalue weighted by Crippen LogP contribution is -2.27. The van der Waals surface area contributed by atoms with Gasteiger partial charge in [-0.1, -0.05) is 36.7 Å². The van der Waals surface area contributed by atoms with Crippen molar-refractivity contribution >= 4 is 40.6 Å². The fraction of sp³-hybridized carbons (Fsp3) is 0.304. The number of ether oxygens (including phenoxy) is 2. The Morgan fingerprint density at radius 1 is 1.13 bits per heavy atom. The number of hydrogen-bond donors (Lipinski definition) is 0. The van der Waals surface area contributed by atoms with Crippen LogP contribution in [0.25, 0.3) is 6.08 Å². The zero-order valence-corrected chi connectivity index (χ0v) is 18.8. The Morgan fingerprint density at radius 2 is 1.93 bits per heavy atom. The maximum absolute atomic E-state index is 12.8. The van der Waals surface area contributed by atoms with E-state index in [1.807, 2.05) is 38.1 Å². The summed E-state index contributed by atoms with van der Waals surface area (Å²) >= 11 is 6.94.